The lowest BCUT2D eigenvalue weighted by Crippen LogP contribution is -2.42. The van der Waals surface area contributed by atoms with Gasteiger partial charge in [0.05, 0.1) is 6.54 Å². The average molecular weight is 421 g/mol. The number of anilines is 2. The van der Waals surface area contributed by atoms with Crippen molar-refractivity contribution >= 4 is 17.4 Å². The van der Waals surface area contributed by atoms with Crippen LogP contribution in [-0.4, -0.2) is 22.0 Å². The largest absolute Gasteiger partial charge is 0.383 e. The number of benzene rings is 2. The summed E-state index contributed by atoms with van der Waals surface area (Å²) in [5.74, 6) is -0.0443. The number of nitrogens with one attached hydrogen (secondary N) is 1. The van der Waals surface area contributed by atoms with E-state index in [1.807, 2.05) is 57.2 Å². The summed E-state index contributed by atoms with van der Waals surface area (Å²) in [6.45, 7) is 6.47. The summed E-state index contributed by atoms with van der Waals surface area (Å²) in [4.78, 5) is 42.5. The number of nitrogens with two attached hydrogens (primary N) is 1. The number of aryl methyl sites for hydroxylation is 1. The lowest BCUT2D eigenvalue weighted by atomic mass is 10.1. The van der Waals surface area contributed by atoms with Crippen molar-refractivity contribution < 1.29 is 4.79 Å². The van der Waals surface area contributed by atoms with Crippen LogP contribution in [0.1, 0.15) is 41.8 Å². The highest BCUT2D eigenvalue weighted by Gasteiger charge is 2.25. The molecule has 0 radical (unpaired) electrons. The third-order valence-corrected chi connectivity index (χ3v) is 5.11. The van der Waals surface area contributed by atoms with Gasteiger partial charge < -0.3 is 10.6 Å². The first-order valence-corrected chi connectivity index (χ1v) is 10.3. The van der Waals surface area contributed by atoms with E-state index in [1.54, 1.807) is 18.2 Å². The molecular formula is C24H28N4O3. The van der Waals surface area contributed by atoms with E-state index in [-0.39, 0.29) is 24.0 Å². The molecule has 3 N–H and O–H groups in total. The van der Waals surface area contributed by atoms with Gasteiger partial charge in [0.25, 0.3) is 11.5 Å². The normalized spacial score (nSPS) is 11.0. The first-order valence-electron chi connectivity index (χ1n) is 10.3. The third-order valence-electron chi connectivity index (χ3n) is 5.11. The van der Waals surface area contributed by atoms with Gasteiger partial charge in [0, 0.05) is 12.1 Å². The molecule has 0 unspecified atom stereocenters. The van der Waals surface area contributed by atoms with Gasteiger partial charge >= 0.3 is 5.69 Å². The van der Waals surface area contributed by atoms with E-state index in [4.69, 9.17) is 5.73 Å². The molecule has 1 amide bonds. The second-order valence-electron chi connectivity index (χ2n) is 8.07. The van der Waals surface area contributed by atoms with Crippen molar-refractivity contribution in [2.24, 2.45) is 5.92 Å². The maximum atomic E-state index is 13.4. The topological polar surface area (TPSA) is 101 Å². The predicted molar refractivity (Wildman–Crippen MR) is 124 cm³/mol. The number of hydrogen-bond donors (Lipinski definition) is 2. The van der Waals surface area contributed by atoms with Gasteiger partial charge in [0.2, 0.25) is 0 Å². The van der Waals surface area contributed by atoms with Crippen molar-refractivity contribution in [2.45, 2.75) is 33.7 Å². The zero-order valence-corrected chi connectivity index (χ0v) is 18.1. The van der Waals surface area contributed by atoms with E-state index in [2.05, 4.69) is 4.98 Å². The van der Waals surface area contributed by atoms with Gasteiger partial charge in [0.15, 0.2) is 5.69 Å². The van der Waals surface area contributed by atoms with Crippen LogP contribution in [0.3, 0.4) is 0 Å². The van der Waals surface area contributed by atoms with Gasteiger partial charge in [-0.2, -0.15) is 0 Å². The standard InChI is InChI=1S/C24H28N4O3/c1-16(2)12-13-27(23(30)19-11-7-8-17(3)14-19)20-21(25)28(24(31)26-22(20)29)15-18-9-5-4-6-10-18/h4-11,14,16H,12-13,15,25H2,1-3H3,(H,26,29,31). The van der Waals surface area contributed by atoms with Crippen molar-refractivity contribution in [1.82, 2.24) is 9.55 Å². The number of aromatic nitrogens is 2. The van der Waals surface area contributed by atoms with Crippen LogP contribution in [0, 0.1) is 12.8 Å². The molecule has 7 nitrogen and oxygen atoms in total. The van der Waals surface area contributed by atoms with Gasteiger partial charge in [-0.25, -0.2) is 4.79 Å². The molecule has 0 atom stereocenters. The molecule has 162 valence electrons. The minimum Gasteiger partial charge on any atom is -0.383 e. The number of amides is 1. The maximum absolute atomic E-state index is 13.4. The quantitative estimate of drug-likeness (QED) is 0.613. The zero-order valence-electron chi connectivity index (χ0n) is 18.1. The average Bonchev–Trinajstić information content (AvgIpc) is 2.73. The molecule has 7 heteroatoms. The Bertz CT molecular complexity index is 1180. The maximum Gasteiger partial charge on any atom is 0.330 e. The summed E-state index contributed by atoms with van der Waals surface area (Å²) in [6.07, 6.45) is 0.675. The summed E-state index contributed by atoms with van der Waals surface area (Å²) in [7, 11) is 0. The number of nitrogens with zero attached hydrogens (tertiary/aromatic N) is 2. The van der Waals surface area contributed by atoms with Crippen LogP contribution >= 0.6 is 0 Å². The molecule has 0 aliphatic heterocycles. The summed E-state index contributed by atoms with van der Waals surface area (Å²) >= 11 is 0. The molecule has 0 aliphatic carbocycles. The first-order chi connectivity index (χ1) is 14.8. The lowest BCUT2D eigenvalue weighted by Gasteiger charge is -2.25. The van der Waals surface area contributed by atoms with Crippen LogP contribution in [-0.2, 0) is 6.54 Å². The van der Waals surface area contributed by atoms with E-state index in [0.717, 1.165) is 11.1 Å². The smallest absolute Gasteiger partial charge is 0.330 e. The van der Waals surface area contributed by atoms with Crippen molar-refractivity contribution in [3.8, 4) is 0 Å². The molecule has 1 aromatic heterocycles. The Kier molecular flexibility index (Phi) is 6.74. The predicted octanol–water partition coefficient (Wildman–Crippen LogP) is 3.17. The van der Waals surface area contributed by atoms with Crippen molar-refractivity contribution in [3.05, 3.63) is 92.1 Å². The van der Waals surface area contributed by atoms with E-state index in [1.165, 1.54) is 9.47 Å². The highest BCUT2D eigenvalue weighted by Crippen LogP contribution is 2.22. The molecule has 0 spiro atoms. The van der Waals surface area contributed by atoms with Crippen LogP contribution in [0.4, 0.5) is 11.5 Å². The molecule has 0 fully saturated rings. The van der Waals surface area contributed by atoms with Gasteiger partial charge in [-0.05, 0) is 37.0 Å². The Morgan fingerprint density at radius 3 is 2.45 bits per heavy atom. The Hall–Kier alpha value is -3.61. The molecule has 0 saturated heterocycles. The first kappa shape index (κ1) is 22.1. The SMILES string of the molecule is Cc1cccc(C(=O)N(CCC(C)C)c2c(N)n(Cc3ccccc3)c(=O)[nH]c2=O)c1. The van der Waals surface area contributed by atoms with Gasteiger partial charge in [-0.3, -0.25) is 19.1 Å². The van der Waals surface area contributed by atoms with Gasteiger partial charge in [-0.15, -0.1) is 0 Å². The Balaban J connectivity index is 2.11. The monoisotopic (exact) mass is 420 g/mol. The fourth-order valence-corrected chi connectivity index (χ4v) is 3.40. The zero-order chi connectivity index (χ0) is 22.5. The molecule has 3 aromatic rings. The molecule has 0 aliphatic rings. The summed E-state index contributed by atoms with van der Waals surface area (Å²) in [5, 5.41) is 0. The Morgan fingerprint density at radius 2 is 1.81 bits per heavy atom. The number of carbonyl (C=O) groups excluding carboxylic acids is 1. The van der Waals surface area contributed by atoms with Crippen LogP contribution in [0.15, 0.2) is 64.2 Å². The molecule has 3 rings (SSSR count). The second-order valence-corrected chi connectivity index (χ2v) is 8.07. The van der Waals surface area contributed by atoms with E-state index < -0.39 is 11.2 Å². The molecule has 2 aromatic carbocycles. The molecule has 31 heavy (non-hydrogen) atoms. The lowest BCUT2D eigenvalue weighted by molar-refractivity contribution is 0.0985. The minimum atomic E-state index is -0.670. The van der Waals surface area contributed by atoms with Crippen molar-refractivity contribution in [3.63, 3.8) is 0 Å². The second kappa shape index (κ2) is 9.47. The third kappa shape index (κ3) is 5.12. The van der Waals surface area contributed by atoms with E-state index in [0.29, 0.717) is 24.4 Å². The highest BCUT2D eigenvalue weighted by atomic mass is 16.2. The Labute approximate surface area is 181 Å². The van der Waals surface area contributed by atoms with E-state index in [9.17, 15) is 14.4 Å². The number of aromatic amines is 1. The summed E-state index contributed by atoms with van der Waals surface area (Å²) in [5.41, 5.74) is 7.31. The molecule has 0 bridgehead atoms. The molecule has 1 heterocycles. The van der Waals surface area contributed by atoms with Crippen molar-refractivity contribution in [1.29, 1.82) is 0 Å². The number of rotatable bonds is 7. The van der Waals surface area contributed by atoms with Crippen molar-refractivity contribution in [2.75, 3.05) is 17.2 Å². The summed E-state index contributed by atoms with van der Waals surface area (Å²) < 4.78 is 1.29. The molecule has 0 saturated carbocycles. The summed E-state index contributed by atoms with van der Waals surface area (Å²) in [6, 6.07) is 16.5. The fourth-order valence-electron chi connectivity index (χ4n) is 3.40. The minimum absolute atomic E-state index is 0.00249. The van der Waals surface area contributed by atoms with Crippen LogP contribution < -0.4 is 21.9 Å². The number of nitrogen functional groups attached to an aromatic ring is 1. The number of hydrogen-bond acceptors (Lipinski definition) is 4. The van der Waals surface area contributed by atoms with Gasteiger partial charge in [-0.1, -0.05) is 61.9 Å². The van der Waals surface area contributed by atoms with Crippen LogP contribution in [0.25, 0.3) is 0 Å². The fraction of sp³-hybridized carbons (Fsp3) is 0.292. The van der Waals surface area contributed by atoms with Crippen LogP contribution in [0.5, 0.6) is 0 Å². The Morgan fingerprint density at radius 1 is 1.10 bits per heavy atom. The van der Waals surface area contributed by atoms with Crippen LogP contribution in [0.2, 0.25) is 0 Å². The number of carbonyl (C=O) groups is 1. The number of H-pyrrole nitrogens is 1. The molecular weight excluding hydrogens is 392 g/mol. The van der Waals surface area contributed by atoms with E-state index >= 15 is 0 Å². The highest BCUT2D eigenvalue weighted by molar-refractivity contribution is 6.07. The van der Waals surface area contributed by atoms with Gasteiger partial charge in [0.1, 0.15) is 5.82 Å².